The molecule has 16 heavy (non-hydrogen) atoms. The number of amides is 2. The number of ether oxygens (including phenoxy) is 1. The van der Waals surface area contributed by atoms with Gasteiger partial charge in [-0.25, -0.2) is 0 Å². The molecule has 5 heteroatoms. The van der Waals surface area contributed by atoms with Gasteiger partial charge in [0.05, 0.1) is 12.1 Å². The maximum absolute atomic E-state index is 11.9. The first kappa shape index (κ1) is 11.3. The van der Waals surface area contributed by atoms with E-state index in [2.05, 4.69) is 0 Å². The topological polar surface area (TPSA) is 66.8 Å². The Morgan fingerprint density at radius 1 is 1.44 bits per heavy atom. The number of imide groups is 1. The highest BCUT2D eigenvalue weighted by atomic mass is 16.5. The summed E-state index contributed by atoms with van der Waals surface area (Å²) < 4.78 is 5.21. The fraction of sp³-hybridized carbons (Fsp3) is 0.636. The summed E-state index contributed by atoms with van der Waals surface area (Å²) in [5.41, 5.74) is -0.329. The van der Waals surface area contributed by atoms with Crippen molar-refractivity contribution in [2.45, 2.75) is 25.3 Å². The van der Waals surface area contributed by atoms with Gasteiger partial charge >= 0.3 is 0 Å². The van der Waals surface area contributed by atoms with Gasteiger partial charge in [0.15, 0.2) is 0 Å². The summed E-state index contributed by atoms with van der Waals surface area (Å²) in [7, 11) is 0. The summed E-state index contributed by atoms with van der Waals surface area (Å²) in [5.74, 6) is -0.612. The molecule has 0 aromatic carbocycles. The van der Waals surface area contributed by atoms with Gasteiger partial charge in [-0.1, -0.05) is 0 Å². The molecule has 1 saturated heterocycles. The van der Waals surface area contributed by atoms with Crippen LogP contribution in [0, 0.1) is 0 Å². The highest BCUT2D eigenvalue weighted by Gasteiger charge is 2.46. The molecule has 2 aliphatic rings. The van der Waals surface area contributed by atoms with E-state index >= 15 is 0 Å². The van der Waals surface area contributed by atoms with E-state index in [9.17, 15) is 14.7 Å². The number of hydrogen-bond donors (Lipinski definition) is 1. The van der Waals surface area contributed by atoms with E-state index in [0.29, 0.717) is 31.6 Å². The zero-order chi connectivity index (χ0) is 11.8. The molecule has 1 N–H and O–H groups in total. The minimum atomic E-state index is -0.763. The summed E-state index contributed by atoms with van der Waals surface area (Å²) >= 11 is 0. The predicted octanol–water partition coefficient (Wildman–Crippen LogP) is -0.157. The Morgan fingerprint density at radius 2 is 2.06 bits per heavy atom. The lowest BCUT2D eigenvalue weighted by Gasteiger charge is -2.41. The minimum absolute atomic E-state index is 0.199. The summed E-state index contributed by atoms with van der Waals surface area (Å²) in [5, 5.41) is 9.50. The van der Waals surface area contributed by atoms with Gasteiger partial charge in [-0.3, -0.25) is 14.5 Å². The SMILES string of the molecule is CC1=CC(=O)N(C2(CO)CCOCC2)C1=O. The average molecular weight is 225 g/mol. The average Bonchev–Trinajstić information content (AvgIpc) is 2.54. The molecule has 2 aliphatic heterocycles. The van der Waals surface area contributed by atoms with E-state index in [1.807, 2.05) is 0 Å². The molecular weight excluding hydrogens is 210 g/mol. The monoisotopic (exact) mass is 225 g/mol. The van der Waals surface area contributed by atoms with Gasteiger partial charge in [0.25, 0.3) is 11.8 Å². The zero-order valence-electron chi connectivity index (χ0n) is 9.23. The number of hydrogen-bond acceptors (Lipinski definition) is 4. The van der Waals surface area contributed by atoms with E-state index in [-0.39, 0.29) is 18.4 Å². The minimum Gasteiger partial charge on any atom is -0.394 e. The van der Waals surface area contributed by atoms with Crippen molar-refractivity contribution in [1.29, 1.82) is 0 Å². The molecule has 88 valence electrons. The molecule has 2 amide bonds. The Labute approximate surface area is 93.7 Å². The van der Waals surface area contributed by atoms with Crippen LogP contribution in [0.2, 0.25) is 0 Å². The van der Waals surface area contributed by atoms with Crippen LogP contribution in [0.25, 0.3) is 0 Å². The zero-order valence-corrected chi connectivity index (χ0v) is 9.23. The van der Waals surface area contributed by atoms with Crippen molar-refractivity contribution in [1.82, 2.24) is 4.90 Å². The van der Waals surface area contributed by atoms with Crippen LogP contribution >= 0.6 is 0 Å². The molecule has 0 aliphatic carbocycles. The van der Waals surface area contributed by atoms with Gasteiger partial charge in [-0.15, -0.1) is 0 Å². The van der Waals surface area contributed by atoms with Crippen molar-refractivity contribution in [3.63, 3.8) is 0 Å². The molecule has 1 fully saturated rings. The molecule has 2 rings (SSSR count). The summed E-state index contributed by atoms with van der Waals surface area (Å²) in [6.45, 7) is 2.35. The molecule has 0 aromatic heterocycles. The Hall–Kier alpha value is -1.20. The first-order chi connectivity index (χ1) is 7.60. The second kappa shape index (κ2) is 3.99. The van der Waals surface area contributed by atoms with E-state index < -0.39 is 5.54 Å². The standard InChI is InChI=1S/C11H15NO4/c1-8-6-9(14)12(10(8)15)11(7-13)2-4-16-5-3-11/h6,13H,2-5,7H2,1H3. The smallest absolute Gasteiger partial charge is 0.257 e. The van der Waals surface area contributed by atoms with Crippen molar-refractivity contribution >= 4 is 11.8 Å². The molecule has 0 saturated carbocycles. The molecule has 0 radical (unpaired) electrons. The second-order valence-electron chi connectivity index (χ2n) is 4.30. The molecule has 0 atom stereocenters. The van der Waals surface area contributed by atoms with Crippen LogP contribution in [0.15, 0.2) is 11.6 Å². The Kier molecular flexibility index (Phi) is 2.82. The lowest BCUT2D eigenvalue weighted by molar-refractivity contribution is -0.151. The van der Waals surface area contributed by atoms with Crippen LogP contribution in [0.5, 0.6) is 0 Å². The van der Waals surface area contributed by atoms with E-state index in [4.69, 9.17) is 4.74 Å². The first-order valence-electron chi connectivity index (χ1n) is 5.36. The maximum atomic E-state index is 11.9. The third-order valence-corrected chi connectivity index (χ3v) is 3.29. The van der Waals surface area contributed by atoms with Crippen LogP contribution in [0.4, 0.5) is 0 Å². The van der Waals surface area contributed by atoms with E-state index in [0.717, 1.165) is 0 Å². The summed E-state index contributed by atoms with van der Waals surface area (Å²) in [6.07, 6.45) is 2.33. The van der Waals surface area contributed by atoms with Crippen LogP contribution in [0.1, 0.15) is 19.8 Å². The number of carbonyl (C=O) groups is 2. The van der Waals surface area contributed by atoms with Crippen molar-refractivity contribution in [2.24, 2.45) is 0 Å². The number of carbonyl (C=O) groups excluding carboxylic acids is 2. The van der Waals surface area contributed by atoms with Gasteiger partial charge in [0.1, 0.15) is 0 Å². The van der Waals surface area contributed by atoms with Crippen molar-refractivity contribution in [3.8, 4) is 0 Å². The van der Waals surface area contributed by atoms with Gasteiger partial charge < -0.3 is 9.84 Å². The van der Waals surface area contributed by atoms with Gasteiger partial charge in [0.2, 0.25) is 0 Å². The van der Waals surface area contributed by atoms with Crippen LogP contribution in [0.3, 0.4) is 0 Å². The van der Waals surface area contributed by atoms with Gasteiger partial charge in [-0.05, 0) is 19.8 Å². The molecule has 0 spiro atoms. The number of aliphatic hydroxyl groups excluding tert-OH is 1. The highest BCUT2D eigenvalue weighted by molar-refractivity contribution is 6.16. The fourth-order valence-electron chi connectivity index (χ4n) is 2.24. The summed E-state index contributed by atoms with van der Waals surface area (Å²) in [6, 6.07) is 0. The van der Waals surface area contributed by atoms with Crippen LogP contribution in [-0.4, -0.2) is 47.2 Å². The van der Waals surface area contributed by atoms with Gasteiger partial charge in [-0.2, -0.15) is 0 Å². The third kappa shape index (κ3) is 1.56. The molecular formula is C11H15NO4. The van der Waals surface area contributed by atoms with Crippen molar-refractivity contribution < 1.29 is 19.4 Å². The lowest BCUT2D eigenvalue weighted by atomic mass is 9.89. The molecule has 0 unspecified atom stereocenters. The molecule has 2 heterocycles. The molecule has 5 nitrogen and oxygen atoms in total. The Morgan fingerprint density at radius 3 is 2.50 bits per heavy atom. The van der Waals surface area contributed by atoms with Crippen LogP contribution in [-0.2, 0) is 14.3 Å². The number of rotatable bonds is 2. The van der Waals surface area contributed by atoms with Crippen molar-refractivity contribution in [3.05, 3.63) is 11.6 Å². The highest BCUT2D eigenvalue weighted by Crippen LogP contribution is 2.31. The number of aliphatic hydroxyl groups is 1. The summed E-state index contributed by atoms with van der Waals surface area (Å²) in [4.78, 5) is 24.8. The van der Waals surface area contributed by atoms with Crippen LogP contribution < -0.4 is 0 Å². The maximum Gasteiger partial charge on any atom is 0.257 e. The number of nitrogens with zero attached hydrogens (tertiary/aromatic N) is 1. The fourth-order valence-corrected chi connectivity index (χ4v) is 2.24. The predicted molar refractivity (Wildman–Crippen MR) is 55.5 cm³/mol. The normalized spacial score (nSPS) is 24.9. The Bertz CT molecular complexity index is 355. The van der Waals surface area contributed by atoms with E-state index in [1.54, 1.807) is 6.92 Å². The van der Waals surface area contributed by atoms with E-state index in [1.165, 1.54) is 11.0 Å². The molecule has 0 bridgehead atoms. The third-order valence-electron chi connectivity index (χ3n) is 3.29. The molecule has 0 aromatic rings. The second-order valence-corrected chi connectivity index (χ2v) is 4.30. The lowest BCUT2D eigenvalue weighted by Crippen LogP contribution is -2.57. The van der Waals surface area contributed by atoms with Gasteiger partial charge in [0, 0.05) is 24.9 Å². The Balaban J connectivity index is 2.28. The first-order valence-corrected chi connectivity index (χ1v) is 5.36. The largest absolute Gasteiger partial charge is 0.394 e. The van der Waals surface area contributed by atoms with Crippen molar-refractivity contribution in [2.75, 3.05) is 19.8 Å². The quantitative estimate of drug-likeness (QED) is 0.663.